The quantitative estimate of drug-likeness (QED) is 0.622. The first-order chi connectivity index (χ1) is 6.19. The summed E-state index contributed by atoms with van der Waals surface area (Å²) in [5.74, 6) is -0.130. The molecule has 4 heteroatoms. The summed E-state index contributed by atoms with van der Waals surface area (Å²) < 4.78 is 0. The van der Waals surface area contributed by atoms with Gasteiger partial charge in [-0.25, -0.2) is 0 Å². The van der Waals surface area contributed by atoms with E-state index in [4.69, 9.17) is 11.5 Å². The summed E-state index contributed by atoms with van der Waals surface area (Å²) in [6.45, 7) is 4.55. The predicted molar refractivity (Wildman–Crippen MR) is 52.0 cm³/mol. The average molecular weight is 185 g/mol. The monoisotopic (exact) mass is 185 g/mol. The topological polar surface area (TPSA) is 72.3 Å². The van der Waals surface area contributed by atoms with Crippen LogP contribution in [0.1, 0.15) is 19.8 Å². The lowest BCUT2D eigenvalue weighted by Gasteiger charge is -2.24. The molecule has 4 nitrogen and oxygen atoms in total. The Balaban J connectivity index is 2.43. The van der Waals surface area contributed by atoms with Gasteiger partial charge in [-0.3, -0.25) is 9.69 Å². The molecule has 1 fully saturated rings. The number of amides is 1. The first-order valence-electron chi connectivity index (χ1n) is 4.92. The number of likely N-dealkylation sites (tertiary alicyclic amines) is 1. The Hall–Kier alpha value is -0.610. The molecule has 0 aromatic carbocycles. The van der Waals surface area contributed by atoms with Crippen molar-refractivity contribution in [1.82, 2.24) is 4.90 Å². The third-order valence-electron chi connectivity index (χ3n) is 2.88. The van der Waals surface area contributed by atoms with Gasteiger partial charge in [-0.15, -0.1) is 0 Å². The van der Waals surface area contributed by atoms with Gasteiger partial charge in [0.1, 0.15) is 0 Å². The Labute approximate surface area is 79.3 Å². The lowest BCUT2D eigenvalue weighted by molar-refractivity contribution is -0.121. The van der Waals surface area contributed by atoms with E-state index in [1.54, 1.807) is 0 Å². The molecule has 2 atom stereocenters. The van der Waals surface area contributed by atoms with Crippen LogP contribution in [-0.2, 0) is 4.79 Å². The maximum atomic E-state index is 10.9. The molecule has 0 aromatic heterocycles. The van der Waals surface area contributed by atoms with Crippen molar-refractivity contribution in [2.45, 2.75) is 25.8 Å². The molecular formula is C9H19N3O. The lowest BCUT2D eigenvalue weighted by Crippen LogP contribution is -2.39. The van der Waals surface area contributed by atoms with Gasteiger partial charge in [0, 0.05) is 19.1 Å². The zero-order chi connectivity index (χ0) is 9.84. The van der Waals surface area contributed by atoms with Crippen LogP contribution < -0.4 is 11.5 Å². The predicted octanol–water partition coefficient (Wildman–Crippen LogP) is -0.469. The summed E-state index contributed by atoms with van der Waals surface area (Å²) in [6, 6.07) is 0.421. The molecule has 1 rings (SSSR count). The van der Waals surface area contributed by atoms with E-state index >= 15 is 0 Å². The van der Waals surface area contributed by atoms with Crippen LogP contribution in [0.25, 0.3) is 0 Å². The molecular weight excluding hydrogens is 166 g/mol. The molecule has 2 unspecified atom stereocenters. The fourth-order valence-corrected chi connectivity index (χ4v) is 1.93. The van der Waals surface area contributed by atoms with E-state index in [0.717, 1.165) is 25.9 Å². The van der Waals surface area contributed by atoms with Crippen molar-refractivity contribution in [3.63, 3.8) is 0 Å². The van der Waals surface area contributed by atoms with Crippen LogP contribution in [0, 0.1) is 5.92 Å². The van der Waals surface area contributed by atoms with E-state index in [9.17, 15) is 4.79 Å². The fraction of sp³-hybridized carbons (Fsp3) is 0.889. The van der Waals surface area contributed by atoms with Crippen LogP contribution in [0.3, 0.4) is 0 Å². The second-order valence-electron chi connectivity index (χ2n) is 3.68. The van der Waals surface area contributed by atoms with Crippen molar-refractivity contribution in [2.24, 2.45) is 17.4 Å². The van der Waals surface area contributed by atoms with Gasteiger partial charge in [-0.1, -0.05) is 6.92 Å². The Morgan fingerprint density at radius 1 is 1.69 bits per heavy atom. The zero-order valence-corrected chi connectivity index (χ0v) is 8.20. The number of hydrogen-bond acceptors (Lipinski definition) is 3. The largest absolute Gasteiger partial charge is 0.369 e. The van der Waals surface area contributed by atoms with E-state index in [0.29, 0.717) is 12.6 Å². The fourth-order valence-electron chi connectivity index (χ4n) is 1.93. The highest BCUT2D eigenvalue weighted by atomic mass is 16.1. The Morgan fingerprint density at radius 2 is 2.38 bits per heavy atom. The first-order valence-corrected chi connectivity index (χ1v) is 4.92. The van der Waals surface area contributed by atoms with Gasteiger partial charge in [0.15, 0.2) is 0 Å². The van der Waals surface area contributed by atoms with E-state index in [1.807, 2.05) is 0 Å². The van der Waals surface area contributed by atoms with Crippen LogP contribution in [0.2, 0.25) is 0 Å². The van der Waals surface area contributed by atoms with Crippen molar-refractivity contribution < 1.29 is 4.79 Å². The molecule has 76 valence electrons. The van der Waals surface area contributed by atoms with Gasteiger partial charge in [-0.2, -0.15) is 0 Å². The Kier molecular flexibility index (Phi) is 3.69. The van der Waals surface area contributed by atoms with Gasteiger partial charge < -0.3 is 11.5 Å². The van der Waals surface area contributed by atoms with Crippen LogP contribution in [-0.4, -0.2) is 36.5 Å². The zero-order valence-electron chi connectivity index (χ0n) is 8.20. The van der Waals surface area contributed by atoms with Crippen molar-refractivity contribution in [3.05, 3.63) is 0 Å². The molecule has 0 spiro atoms. The molecule has 0 bridgehead atoms. The summed E-state index contributed by atoms with van der Waals surface area (Å²) in [5, 5.41) is 0. The second-order valence-corrected chi connectivity index (χ2v) is 3.68. The normalized spacial score (nSPS) is 26.2. The van der Waals surface area contributed by atoms with Crippen LogP contribution >= 0.6 is 0 Å². The molecule has 1 heterocycles. The molecule has 0 radical (unpaired) electrons. The van der Waals surface area contributed by atoms with E-state index in [-0.39, 0.29) is 11.8 Å². The average Bonchev–Trinajstić information content (AvgIpc) is 2.56. The Bertz CT molecular complexity index is 180. The van der Waals surface area contributed by atoms with Gasteiger partial charge in [0.05, 0.1) is 5.92 Å². The van der Waals surface area contributed by atoms with Gasteiger partial charge in [0.25, 0.3) is 0 Å². The number of nitrogens with two attached hydrogens (primary N) is 2. The van der Waals surface area contributed by atoms with Crippen molar-refractivity contribution >= 4 is 5.91 Å². The number of hydrogen-bond donors (Lipinski definition) is 2. The number of carbonyl (C=O) groups is 1. The summed E-state index contributed by atoms with van der Waals surface area (Å²) >= 11 is 0. The summed E-state index contributed by atoms with van der Waals surface area (Å²) in [7, 11) is 0. The van der Waals surface area contributed by atoms with Crippen LogP contribution in [0.15, 0.2) is 0 Å². The third kappa shape index (κ3) is 2.42. The molecule has 0 aliphatic carbocycles. The maximum Gasteiger partial charge on any atom is 0.221 e. The highest BCUT2D eigenvalue weighted by molar-refractivity contribution is 5.77. The third-order valence-corrected chi connectivity index (χ3v) is 2.88. The van der Waals surface area contributed by atoms with Crippen LogP contribution in [0.5, 0.6) is 0 Å². The Morgan fingerprint density at radius 3 is 2.77 bits per heavy atom. The van der Waals surface area contributed by atoms with Crippen molar-refractivity contribution in [1.29, 1.82) is 0 Å². The summed E-state index contributed by atoms with van der Waals surface area (Å²) in [4.78, 5) is 13.2. The molecule has 0 aromatic rings. The highest BCUT2D eigenvalue weighted by Gasteiger charge is 2.29. The summed E-state index contributed by atoms with van der Waals surface area (Å²) in [6.07, 6.45) is 1.94. The van der Waals surface area contributed by atoms with Gasteiger partial charge in [-0.05, 0) is 19.4 Å². The van der Waals surface area contributed by atoms with E-state index in [1.165, 1.54) is 0 Å². The molecule has 4 N–H and O–H groups in total. The maximum absolute atomic E-state index is 10.9. The minimum atomic E-state index is -0.172. The number of primary amides is 1. The minimum absolute atomic E-state index is 0.0422. The number of nitrogens with zero attached hydrogens (tertiary/aromatic N) is 1. The van der Waals surface area contributed by atoms with E-state index < -0.39 is 0 Å². The smallest absolute Gasteiger partial charge is 0.221 e. The van der Waals surface area contributed by atoms with Crippen LogP contribution in [0.4, 0.5) is 0 Å². The molecule has 0 saturated carbocycles. The molecule has 1 saturated heterocycles. The highest BCUT2D eigenvalue weighted by Crippen LogP contribution is 2.18. The standard InChI is InChI=1S/C9H19N3O/c1-2-8(5-10)12-4-3-7(6-12)9(11)13/h7-8H,2-6,10H2,1H3,(H2,11,13). The molecule has 1 aliphatic rings. The SMILES string of the molecule is CCC(CN)N1CCC(C(N)=O)C1. The second kappa shape index (κ2) is 4.58. The first kappa shape index (κ1) is 10.5. The van der Waals surface area contributed by atoms with Crippen molar-refractivity contribution in [2.75, 3.05) is 19.6 Å². The van der Waals surface area contributed by atoms with Crippen molar-refractivity contribution in [3.8, 4) is 0 Å². The van der Waals surface area contributed by atoms with Gasteiger partial charge in [0.2, 0.25) is 5.91 Å². The minimum Gasteiger partial charge on any atom is -0.369 e. The molecule has 1 amide bonds. The molecule has 1 aliphatic heterocycles. The van der Waals surface area contributed by atoms with Gasteiger partial charge >= 0.3 is 0 Å². The number of rotatable bonds is 4. The number of carbonyl (C=O) groups excluding carboxylic acids is 1. The molecule has 13 heavy (non-hydrogen) atoms. The van der Waals surface area contributed by atoms with E-state index in [2.05, 4.69) is 11.8 Å². The lowest BCUT2D eigenvalue weighted by atomic mass is 10.1. The summed E-state index contributed by atoms with van der Waals surface area (Å²) in [5.41, 5.74) is 10.9.